The minimum Gasteiger partial charge on any atom is -0.192 e. The molecular weight excluding hydrogens is 274 g/mol. The van der Waals surface area contributed by atoms with E-state index in [0.717, 1.165) is 10.4 Å². The minimum absolute atomic E-state index is 0.490. The van der Waals surface area contributed by atoms with Gasteiger partial charge in [0.05, 0.1) is 10.6 Å². The summed E-state index contributed by atoms with van der Waals surface area (Å²) in [5, 5.41) is 11.7. The quantitative estimate of drug-likeness (QED) is 0.684. The summed E-state index contributed by atoms with van der Waals surface area (Å²) >= 11 is 7.88. The van der Waals surface area contributed by atoms with Gasteiger partial charge in [0.2, 0.25) is 0 Å². The molecule has 3 heteroatoms. The molecule has 2 rings (SSSR count). The molecule has 1 heterocycles. The lowest BCUT2D eigenvalue weighted by atomic mass is 10.0. The third-order valence-corrected chi connectivity index (χ3v) is 4.22. The van der Waals surface area contributed by atoms with Crippen molar-refractivity contribution in [2.45, 2.75) is 19.8 Å². The van der Waals surface area contributed by atoms with Crippen LogP contribution in [-0.4, -0.2) is 0 Å². The van der Waals surface area contributed by atoms with Gasteiger partial charge >= 0.3 is 0 Å². The van der Waals surface area contributed by atoms with Crippen molar-refractivity contribution in [3.8, 4) is 6.07 Å². The van der Waals surface area contributed by atoms with Gasteiger partial charge in [-0.05, 0) is 28.5 Å². The van der Waals surface area contributed by atoms with E-state index in [0.29, 0.717) is 16.5 Å². The molecule has 1 aromatic heterocycles. The molecule has 0 spiro atoms. The first-order valence-corrected chi connectivity index (χ1v) is 7.33. The topological polar surface area (TPSA) is 23.8 Å². The maximum absolute atomic E-state index is 9.29. The van der Waals surface area contributed by atoms with Gasteiger partial charge in [0, 0.05) is 4.88 Å². The van der Waals surface area contributed by atoms with E-state index in [4.69, 9.17) is 11.6 Å². The van der Waals surface area contributed by atoms with Crippen LogP contribution in [0.5, 0.6) is 0 Å². The first-order chi connectivity index (χ1) is 9.13. The van der Waals surface area contributed by atoms with Gasteiger partial charge in [-0.15, -0.1) is 11.3 Å². The third kappa shape index (κ3) is 3.07. The molecule has 96 valence electrons. The van der Waals surface area contributed by atoms with Crippen molar-refractivity contribution in [1.82, 2.24) is 0 Å². The van der Waals surface area contributed by atoms with E-state index >= 15 is 0 Å². The van der Waals surface area contributed by atoms with Crippen molar-refractivity contribution in [2.75, 3.05) is 0 Å². The van der Waals surface area contributed by atoms with Crippen molar-refractivity contribution < 1.29 is 0 Å². The van der Waals surface area contributed by atoms with Crippen molar-refractivity contribution >= 4 is 33.5 Å². The number of hydrogen-bond donors (Lipinski definition) is 0. The number of nitrogens with zero attached hydrogens (tertiary/aromatic N) is 1. The Morgan fingerprint density at radius 3 is 2.37 bits per heavy atom. The highest BCUT2D eigenvalue weighted by Gasteiger charge is 2.10. The van der Waals surface area contributed by atoms with Crippen LogP contribution in [0, 0.1) is 11.3 Å². The second-order valence-corrected chi connectivity index (χ2v) is 5.88. The summed E-state index contributed by atoms with van der Waals surface area (Å²) in [6.45, 7) is 4.30. The molecule has 0 saturated heterocycles. The van der Waals surface area contributed by atoms with Crippen LogP contribution in [0.15, 0.2) is 41.8 Å². The molecule has 1 aromatic carbocycles. The van der Waals surface area contributed by atoms with Gasteiger partial charge in [-0.1, -0.05) is 55.8 Å². The Morgan fingerprint density at radius 1 is 1.21 bits per heavy atom. The zero-order chi connectivity index (χ0) is 13.8. The molecule has 0 atom stereocenters. The lowest BCUT2D eigenvalue weighted by Crippen LogP contribution is -1.88. The smallest absolute Gasteiger partial charge is 0.102 e. The van der Waals surface area contributed by atoms with Crippen LogP contribution in [0.3, 0.4) is 0 Å². The Kier molecular flexibility index (Phi) is 4.42. The van der Waals surface area contributed by atoms with Crippen LogP contribution < -0.4 is 0 Å². The highest BCUT2D eigenvalue weighted by Crippen LogP contribution is 2.32. The Labute approximate surface area is 122 Å². The molecule has 2 aromatic rings. The van der Waals surface area contributed by atoms with Gasteiger partial charge in [0.15, 0.2) is 0 Å². The van der Waals surface area contributed by atoms with Crippen LogP contribution in [0.25, 0.3) is 10.6 Å². The third-order valence-electron chi connectivity index (χ3n) is 2.93. The summed E-state index contributed by atoms with van der Waals surface area (Å²) in [7, 11) is 0. The molecule has 0 aliphatic heterocycles. The van der Waals surface area contributed by atoms with E-state index in [1.807, 2.05) is 29.6 Å². The van der Waals surface area contributed by atoms with Crippen molar-refractivity contribution in [3.05, 3.63) is 57.8 Å². The average molecular weight is 288 g/mol. The Balaban J connectivity index is 2.42. The largest absolute Gasteiger partial charge is 0.192 e. The maximum atomic E-state index is 9.29. The normalized spacial score (nSPS) is 12.2. The lowest BCUT2D eigenvalue weighted by Gasteiger charge is -2.07. The fourth-order valence-corrected chi connectivity index (χ4v) is 2.84. The summed E-state index contributed by atoms with van der Waals surface area (Å²) < 4.78 is 0. The molecule has 19 heavy (non-hydrogen) atoms. The van der Waals surface area contributed by atoms with Crippen molar-refractivity contribution in [1.29, 1.82) is 5.26 Å². The average Bonchev–Trinajstić information content (AvgIpc) is 2.93. The van der Waals surface area contributed by atoms with Crippen LogP contribution in [0.2, 0.25) is 0 Å². The Bertz CT molecular complexity index is 616. The van der Waals surface area contributed by atoms with E-state index in [1.54, 1.807) is 0 Å². The first-order valence-electron chi connectivity index (χ1n) is 6.07. The molecule has 0 N–H and O–H groups in total. The number of hydrogen-bond acceptors (Lipinski definition) is 2. The molecular formula is C16H14ClNS. The van der Waals surface area contributed by atoms with Gasteiger partial charge in [-0.2, -0.15) is 5.26 Å². The summed E-state index contributed by atoms with van der Waals surface area (Å²) in [5.74, 6) is 0.490. The fourth-order valence-electron chi connectivity index (χ4n) is 1.79. The van der Waals surface area contributed by atoms with E-state index in [-0.39, 0.29) is 0 Å². The fraction of sp³-hybridized carbons (Fsp3) is 0.188. The minimum atomic E-state index is 0.490. The van der Waals surface area contributed by atoms with E-state index in [2.05, 4.69) is 32.0 Å². The van der Waals surface area contributed by atoms with Crippen molar-refractivity contribution in [2.24, 2.45) is 0 Å². The van der Waals surface area contributed by atoms with E-state index < -0.39 is 0 Å². The molecule has 0 aliphatic carbocycles. The summed E-state index contributed by atoms with van der Waals surface area (Å²) in [6, 6.07) is 14.1. The van der Waals surface area contributed by atoms with E-state index in [1.165, 1.54) is 16.9 Å². The summed E-state index contributed by atoms with van der Waals surface area (Å²) in [5.41, 5.74) is 2.69. The van der Waals surface area contributed by atoms with E-state index in [9.17, 15) is 5.26 Å². The Morgan fingerprint density at radius 2 is 1.89 bits per heavy atom. The maximum Gasteiger partial charge on any atom is 0.102 e. The number of nitriles is 1. The number of thiophene rings is 1. The van der Waals surface area contributed by atoms with Crippen LogP contribution in [-0.2, 0) is 0 Å². The predicted molar refractivity (Wildman–Crippen MR) is 83.1 cm³/mol. The summed E-state index contributed by atoms with van der Waals surface area (Å²) in [4.78, 5) is 0.903. The molecule has 0 saturated carbocycles. The zero-order valence-corrected chi connectivity index (χ0v) is 12.4. The van der Waals surface area contributed by atoms with Gasteiger partial charge in [-0.25, -0.2) is 0 Å². The second-order valence-electron chi connectivity index (χ2n) is 4.55. The highest BCUT2D eigenvalue weighted by atomic mass is 35.5. The molecule has 0 amide bonds. The standard InChI is InChI=1S/C16H14ClNS/c1-11(2)12-5-7-13(8-6-12)16(17)14(10-18)15-4-3-9-19-15/h3-9,11H,1-2H3. The lowest BCUT2D eigenvalue weighted by molar-refractivity contribution is 0.866. The molecule has 0 radical (unpaired) electrons. The molecule has 0 bridgehead atoms. The van der Waals surface area contributed by atoms with Gasteiger partial charge in [-0.3, -0.25) is 0 Å². The van der Waals surface area contributed by atoms with Gasteiger partial charge in [0.1, 0.15) is 6.07 Å². The summed E-state index contributed by atoms with van der Waals surface area (Å²) in [6.07, 6.45) is 0. The number of rotatable bonds is 3. The molecule has 1 nitrogen and oxygen atoms in total. The second kappa shape index (κ2) is 6.06. The number of halogens is 1. The highest BCUT2D eigenvalue weighted by molar-refractivity contribution is 7.11. The predicted octanol–water partition coefficient (Wildman–Crippen LogP) is 5.50. The number of allylic oxidation sites excluding steroid dienone is 1. The molecule has 0 unspecified atom stereocenters. The van der Waals surface area contributed by atoms with Crippen LogP contribution in [0.1, 0.15) is 35.8 Å². The monoisotopic (exact) mass is 287 g/mol. The zero-order valence-electron chi connectivity index (χ0n) is 10.9. The van der Waals surface area contributed by atoms with Crippen molar-refractivity contribution in [3.63, 3.8) is 0 Å². The molecule has 0 fully saturated rings. The first kappa shape index (κ1) is 13.9. The number of benzene rings is 1. The van der Waals surface area contributed by atoms with Gasteiger partial charge < -0.3 is 0 Å². The van der Waals surface area contributed by atoms with Crippen LogP contribution >= 0.6 is 22.9 Å². The SMILES string of the molecule is CC(C)c1ccc(C(Cl)=C(C#N)c2cccs2)cc1. The van der Waals surface area contributed by atoms with Gasteiger partial charge in [0.25, 0.3) is 0 Å². The Hall–Kier alpha value is -1.56. The molecule has 0 aliphatic rings. The van der Waals surface area contributed by atoms with Crippen LogP contribution in [0.4, 0.5) is 0 Å².